The zero-order chi connectivity index (χ0) is 9.68. The zero-order valence-electron chi connectivity index (χ0n) is 7.95. The quantitative estimate of drug-likeness (QED) is 0.663. The predicted octanol–water partition coefficient (Wildman–Crippen LogP) is 0.683. The van der Waals surface area contributed by atoms with Crippen molar-refractivity contribution in [1.82, 2.24) is 10.2 Å². The first-order chi connectivity index (χ1) is 6.27. The molecule has 1 rings (SSSR count). The number of thioether (sulfide) groups is 1. The molecule has 1 unspecified atom stereocenters. The van der Waals surface area contributed by atoms with E-state index in [1.165, 1.54) is 12.5 Å². The van der Waals surface area contributed by atoms with E-state index in [0.29, 0.717) is 6.04 Å². The maximum absolute atomic E-state index is 10.9. The van der Waals surface area contributed by atoms with E-state index in [4.69, 9.17) is 0 Å². The molecule has 74 valence electrons. The first kappa shape index (κ1) is 10.6. The van der Waals surface area contributed by atoms with Gasteiger partial charge in [-0.1, -0.05) is 6.58 Å². The minimum absolute atomic E-state index is 0.0731. The van der Waals surface area contributed by atoms with Crippen molar-refractivity contribution in [3.63, 3.8) is 0 Å². The van der Waals surface area contributed by atoms with Crippen LogP contribution in [-0.4, -0.2) is 42.1 Å². The van der Waals surface area contributed by atoms with Crippen LogP contribution < -0.4 is 5.32 Å². The molecule has 1 fully saturated rings. The molecule has 0 aliphatic carbocycles. The second-order valence-corrected chi connectivity index (χ2v) is 3.96. The minimum atomic E-state index is -0.0731. The molecule has 1 amide bonds. The van der Waals surface area contributed by atoms with Crippen molar-refractivity contribution in [3.8, 4) is 0 Å². The number of hydrogen-bond acceptors (Lipinski definition) is 3. The Kier molecular flexibility index (Phi) is 4.32. The number of nitrogens with zero attached hydrogens (tertiary/aromatic N) is 1. The van der Waals surface area contributed by atoms with Gasteiger partial charge in [0.1, 0.15) is 0 Å². The Morgan fingerprint density at radius 1 is 1.85 bits per heavy atom. The topological polar surface area (TPSA) is 32.3 Å². The second-order valence-electron chi connectivity index (χ2n) is 3.12. The van der Waals surface area contributed by atoms with Gasteiger partial charge in [0.15, 0.2) is 0 Å². The van der Waals surface area contributed by atoms with Gasteiger partial charge in [0.05, 0.1) is 0 Å². The van der Waals surface area contributed by atoms with Gasteiger partial charge < -0.3 is 5.32 Å². The third kappa shape index (κ3) is 3.04. The van der Waals surface area contributed by atoms with Crippen molar-refractivity contribution < 1.29 is 4.79 Å². The molecule has 1 aliphatic rings. The summed E-state index contributed by atoms with van der Waals surface area (Å²) in [5.74, 6) is 0.991. The number of amides is 1. The summed E-state index contributed by atoms with van der Waals surface area (Å²) in [6.07, 6.45) is 4.60. The summed E-state index contributed by atoms with van der Waals surface area (Å²) < 4.78 is 0. The standard InChI is InChI=1S/C9H16N2OS/c1-3-9(12)10-6-8-4-5-11(8)7-13-2/h3,8H,1,4-7H2,2H3,(H,10,12). The molecule has 0 radical (unpaired) electrons. The number of likely N-dealkylation sites (tertiary alicyclic amines) is 1. The molecule has 3 nitrogen and oxygen atoms in total. The summed E-state index contributed by atoms with van der Waals surface area (Å²) in [4.78, 5) is 13.2. The third-order valence-corrected chi connectivity index (χ3v) is 2.85. The SMILES string of the molecule is C=CC(=O)NCC1CCN1CSC. The highest BCUT2D eigenvalue weighted by Gasteiger charge is 2.26. The van der Waals surface area contributed by atoms with Gasteiger partial charge in [-0.15, -0.1) is 11.8 Å². The highest BCUT2D eigenvalue weighted by molar-refractivity contribution is 7.98. The van der Waals surface area contributed by atoms with Crippen LogP contribution in [0, 0.1) is 0 Å². The van der Waals surface area contributed by atoms with E-state index in [1.807, 2.05) is 11.8 Å². The molecule has 0 spiro atoms. The van der Waals surface area contributed by atoms with Gasteiger partial charge in [-0.2, -0.15) is 0 Å². The van der Waals surface area contributed by atoms with Crippen LogP contribution >= 0.6 is 11.8 Å². The van der Waals surface area contributed by atoms with E-state index in [-0.39, 0.29) is 5.91 Å². The molecule has 0 saturated carbocycles. The van der Waals surface area contributed by atoms with Gasteiger partial charge in [-0.3, -0.25) is 9.69 Å². The summed E-state index contributed by atoms with van der Waals surface area (Å²) in [5.41, 5.74) is 0. The average Bonchev–Trinajstić information content (AvgIpc) is 2.12. The maximum Gasteiger partial charge on any atom is 0.243 e. The third-order valence-electron chi connectivity index (χ3n) is 2.26. The van der Waals surface area contributed by atoms with Crippen LogP contribution in [-0.2, 0) is 4.79 Å². The average molecular weight is 200 g/mol. The maximum atomic E-state index is 10.9. The Morgan fingerprint density at radius 2 is 2.62 bits per heavy atom. The number of carbonyl (C=O) groups excluding carboxylic acids is 1. The van der Waals surface area contributed by atoms with Crippen LogP contribution in [0.25, 0.3) is 0 Å². The fourth-order valence-corrected chi connectivity index (χ4v) is 2.02. The fourth-order valence-electron chi connectivity index (χ4n) is 1.35. The Morgan fingerprint density at radius 3 is 3.08 bits per heavy atom. The van der Waals surface area contributed by atoms with E-state index in [0.717, 1.165) is 19.0 Å². The molecular formula is C9H16N2OS. The number of rotatable bonds is 5. The summed E-state index contributed by atoms with van der Waals surface area (Å²) in [6, 6.07) is 0.538. The lowest BCUT2D eigenvalue weighted by Crippen LogP contribution is -2.52. The minimum Gasteiger partial charge on any atom is -0.351 e. The Labute approximate surface area is 83.6 Å². The van der Waals surface area contributed by atoms with Gasteiger partial charge in [0, 0.05) is 25.0 Å². The molecule has 13 heavy (non-hydrogen) atoms. The Bertz CT molecular complexity index is 196. The summed E-state index contributed by atoms with van der Waals surface area (Å²) in [6.45, 7) is 5.33. The van der Waals surface area contributed by atoms with Gasteiger partial charge >= 0.3 is 0 Å². The fraction of sp³-hybridized carbons (Fsp3) is 0.667. The highest BCUT2D eigenvalue weighted by Crippen LogP contribution is 2.18. The first-order valence-electron chi connectivity index (χ1n) is 4.41. The molecule has 1 heterocycles. The zero-order valence-corrected chi connectivity index (χ0v) is 8.77. The van der Waals surface area contributed by atoms with Crippen molar-refractivity contribution >= 4 is 17.7 Å². The summed E-state index contributed by atoms with van der Waals surface area (Å²) in [7, 11) is 0. The smallest absolute Gasteiger partial charge is 0.243 e. The van der Waals surface area contributed by atoms with E-state index in [9.17, 15) is 4.79 Å². The van der Waals surface area contributed by atoms with Gasteiger partial charge in [0.25, 0.3) is 0 Å². The number of carbonyl (C=O) groups is 1. The van der Waals surface area contributed by atoms with E-state index < -0.39 is 0 Å². The van der Waals surface area contributed by atoms with Crippen molar-refractivity contribution in [2.45, 2.75) is 12.5 Å². The van der Waals surface area contributed by atoms with E-state index in [2.05, 4.69) is 23.1 Å². The molecule has 0 aromatic heterocycles. The van der Waals surface area contributed by atoms with Crippen LogP contribution in [0.3, 0.4) is 0 Å². The molecule has 0 bridgehead atoms. The Balaban J connectivity index is 2.15. The van der Waals surface area contributed by atoms with Crippen LogP contribution in [0.2, 0.25) is 0 Å². The van der Waals surface area contributed by atoms with Crippen molar-refractivity contribution in [3.05, 3.63) is 12.7 Å². The van der Waals surface area contributed by atoms with Crippen LogP contribution in [0.1, 0.15) is 6.42 Å². The van der Waals surface area contributed by atoms with Crippen LogP contribution in [0.4, 0.5) is 0 Å². The van der Waals surface area contributed by atoms with Gasteiger partial charge in [0.2, 0.25) is 5.91 Å². The number of hydrogen-bond donors (Lipinski definition) is 1. The van der Waals surface area contributed by atoms with Crippen LogP contribution in [0.15, 0.2) is 12.7 Å². The molecule has 1 aliphatic heterocycles. The van der Waals surface area contributed by atoms with Crippen LogP contribution in [0.5, 0.6) is 0 Å². The molecule has 0 aromatic carbocycles. The Hall–Kier alpha value is -0.480. The van der Waals surface area contributed by atoms with Gasteiger partial charge in [-0.05, 0) is 18.8 Å². The van der Waals surface area contributed by atoms with E-state index >= 15 is 0 Å². The lowest BCUT2D eigenvalue weighted by atomic mass is 10.1. The summed E-state index contributed by atoms with van der Waals surface area (Å²) >= 11 is 1.82. The second kappa shape index (κ2) is 5.29. The molecule has 0 aromatic rings. The highest BCUT2D eigenvalue weighted by atomic mass is 32.2. The lowest BCUT2D eigenvalue weighted by molar-refractivity contribution is -0.116. The summed E-state index contributed by atoms with van der Waals surface area (Å²) in [5, 5.41) is 2.81. The monoisotopic (exact) mass is 200 g/mol. The van der Waals surface area contributed by atoms with Gasteiger partial charge in [-0.25, -0.2) is 0 Å². The van der Waals surface area contributed by atoms with Crippen molar-refractivity contribution in [2.75, 3.05) is 25.2 Å². The largest absolute Gasteiger partial charge is 0.351 e. The van der Waals surface area contributed by atoms with Crippen molar-refractivity contribution in [2.24, 2.45) is 0 Å². The molecule has 1 saturated heterocycles. The van der Waals surface area contributed by atoms with Crippen molar-refractivity contribution in [1.29, 1.82) is 0 Å². The molecule has 1 atom stereocenters. The normalized spacial score (nSPS) is 22.1. The first-order valence-corrected chi connectivity index (χ1v) is 5.80. The lowest BCUT2D eigenvalue weighted by Gasteiger charge is -2.40. The van der Waals surface area contributed by atoms with E-state index in [1.54, 1.807) is 0 Å². The molecule has 4 heteroatoms. The molecular weight excluding hydrogens is 184 g/mol. The molecule has 1 N–H and O–H groups in total. The number of nitrogens with one attached hydrogen (secondary N) is 1. The predicted molar refractivity (Wildman–Crippen MR) is 56.7 cm³/mol.